The maximum Gasteiger partial charge on any atom is 0.241 e. The summed E-state index contributed by atoms with van der Waals surface area (Å²) in [5.41, 5.74) is 6.94. The molecule has 1 aliphatic rings. The summed E-state index contributed by atoms with van der Waals surface area (Å²) in [6, 6.07) is 10.1. The van der Waals surface area contributed by atoms with Gasteiger partial charge in [-0.05, 0) is 30.7 Å². The molecule has 0 saturated heterocycles. The molecule has 0 spiro atoms. The highest BCUT2D eigenvalue weighted by molar-refractivity contribution is 5.83. The summed E-state index contributed by atoms with van der Waals surface area (Å²) in [5.74, 6) is 0.984. The van der Waals surface area contributed by atoms with Crippen LogP contribution in [-0.4, -0.2) is 31.5 Å². The van der Waals surface area contributed by atoms with E-state index < -0.39 is 0 Å². The second kappa shape index (κ2) is 8.29. The lowest BCUT2D eigenvalue weighted by Crippen LogP contribution is -2.38. The zero-order valence-corrected chi connectivity index (χ0v) is 12.3. The molecule has 1 fully saturated rings. The topological polar surface area (TPSA) is 79.5 Å². The van der Waals surface area contributed by atoms with Crippen molar-refractivity contribution in [2.45, 2.75) is 25.7 Å². The summed E-state index contributed by atoms with van der Waals surface area (Å²) in [4.78, 5) is 15.7. The van der Waals surface area contributed by atoms with Gasteiger partial charge in [-0.2, -0.15) is 0 Å². The molecule has 0 heterocycles. The minimum Gasteiger partial charge on any atom is -0.370 e. The first-order valence-electron chi connectivity index (χ1n) is 7.58. The standard InChI is InChI=1S/C16H24N4O/c17-16(19-11-14-7-4-8-14)20-12-15(21)18-10-9-13-5-2-1-3-6-13/h1-3,5-6,14H,4,7-12H2,(H,18,21)(H3,17,19,20). The summed E-state index contributed by atoms with van der Waals surface area (Å²) in [7, 11) is 0. The number of nitrogens with zero attached hydrogens (tertiary/aromatic N) is 1. The van der Waals surface area contributed by atoms with Gasteiger partial charge < -0.3 is 16.4 Å². The molecule has 0 atom stereocenters. The van der Waals surface area contributed by atoms with E-state index in [4.69, 9.17) is 5.73 Å². The fraction of sp³-hybridized carbons (Fsp3) is 0.500. The van der Waals surface area contributed by atoms with Crippen LogP contribution in [0.1, 0.15) is 24.8 Å². The number of carbonyl (C=O) groups is 1. The first-order chi connectivity index (χ1) is 10.2. The number of guanidine groups is 1. The number of amides is 1. The number of aliphatic imine (C=N–C) groups is 1. The fourth-order valence-corrected chi connectivity index (χ4v) is 2.21. The summed E-state index contributed by atoms with van der Waals surface area (Å²) < 4.78 is 0. The van der Waals surface area contributed by atoms with Crippen molar-refractivity contribution in [2.75, 3.05) is 19.6 Å². The zero-order chi connectivity index (χ0) is 14.9. The Morgan fingerprint density at radius 2 is 2.00 bits per heavy atom. The number of benzene rings is 1. The van der Waals surface area contributed by atoms with Crippen molar-refractivity contribution < 1.29 is 4.79 Å². The molecule has 114 valence electrons. The number of nitrogens with two attached hydrogens (primary N) is 1. The molecule has 5 heteroatoms. The van der Waals surface area contributed by atoms with Crippen LogP contribution >= 0.6 is 0 Å². The normalized spacial score (nSPS) is 15.3. The second-order valence-corrected chi connectivity index (χ2v) is 5.46. The van der Waals surface area contributed by atoms with Gasteiger partial charge in [-0.15, -0.1) is 0 Å². The van der Waals surface area contributed by atoms with E-state index in [1.165, 1.54) is 24.8 Å². The summed E-state index contributed by atoms with van der Waals surface area (Å²) in [5, 5.41) is 5.91. The Kier molecular flexibility index (Phi) is 6.06. The van der Waals surface area contributed by atoms with Crippen molar-refractivity contribution in [1.82, 2.24) is 10.6 Å². The molecule has 0 aromatic heterocycles. The molecule has 1 aliphatic carbocycles. The lowest BCUT2D eigenvalue weighted by molar-refractivity contribution is -0.119. The van der Waals surface area contributed by atoms with Gasteiger partial charge in [0.25, 0.3) is 0 Å². The number of hydrogen-bond donors (Lipinski definition) is 3. The van der Waals surface area contributed by atoms with Crippen LogP contribution in [0.25, 0.3) is 0 Å². The number of nitrogens with one attached hydrogen (secondary N) is 2. The van der Waals surface area contributed by atoms with E-state index in [-0.39, 0.29) is 12.5 Å². The summed E-state index contributed by atoms with van der Waals surface area (Å²) in [6.45, 7) is 1.57. The molecule has 1 amide bonds. The lowest BCUT2D eigenvalue weighted by atomic mass is 9.85. The Hall–Kier alpha value is -2.04. The van der Waals surface area contributed by atoms with Crippen LogP contribution in [0, 0.1) is 5.92 Å². The third-order valence-corrected chi connectivity index (χ3v) is 3.77. The average Bonchev–Trinajstić information content (AvgIpc) is 2.45. The van der Waals surface area contributed by atoms with Gasteiger partial charge in [0.15, 0.2) is 5.96 Å². The van der Waals surface area contributed by atoms with Gasteiger partial charge in [-0.25, -0.2) is 4.99 Å². The van der Waals surface area contributed by atoms with E-state index in [0.717, 1.165) is 18.9 Å². The number of hydrogen-bond acceptors (Lipinski definition) is 2. The molecular weight excluding hydrogens is 264 g/mol. The average molecular weight is 288 g/mol. The van der Waals surface area contributed by atoms with Crippen molar-refractivity contribution in [3.63, 3.8) is 0 Å². The SMILES string of the molecule is NC(=NCC(=O)NCCc1ccccc1)NCC1CCC1. The maximum atomic E-state index is 11.6. The van der Waals surface area contributed by atoms with E-state index in [1.807, 2.05) is 30.3 Å². The van der Waals surface area contributed by atoms with Gasteiger partial charge in [0.05, 0.1) is 0 Å². The molecule has 21 heavy (non-hydrogen) atoms. The Balaban J connectivity index is 1.57. The minimum absolute atomic E-state index is 0.0816. The van der Waals surface area contributed by atoms with Crippen molar-refractivity contribution in [1.29, 1.82) is 0 Å². The Morgan fingerprint density at radius 3 is 2.67 bits per heavy atom. The molecule has 1 saturated carbocycles. The van der Waals surface area contributed by atoms with Gasteiger partial charge in [-0.3, -0.25) is 4.79 Å². The van der Waals surface area contributed by atoms with Gasteiger partial charge in [-0.1, -0.05) is 36.8 Å². The second-order valence-electron chi connectivity index (χ2n) is 5.46. The van der Waals surface area contributed by atoms with Gasteiger partial charge in [0.1, 0.15) is 6.54 Å². The van der Waals surface area contributed by atoms with Gasteiger partial charge in [0, 0.05) is 13.1 Å². The minimum atomic E-state index is -0.0978. The summed E-state index contributed by atoms with van der Waals surface area (Å²) >= 11 is 0. The number of carbonyl (C=O) groups excluding carboxylic acids is 1. The summed E-state index contributed by atoms with van der Waals surface area (Å²) in [6.07, 6.45) is 4.67. The van der Waals surface area contributed by atoms with Crippen molar-refractivity contribution in [3.8, 4) is 0 Å². The lowest BCUT2D eigenvalue weighted by Gasteiger charge is -2.25. The van der Waals surface area contributed by atoms with E-state index in [2.05, 4.69) is 15.6 Å². The van der Waals surface area contributed by atoms with Crippen LogP contribution in [0.4, 0.5) is 0 Å². The van der Waals surface area contributed by atoms with Crippen LogP contribution in [0.2, 0.25) is 0 Å². The van der Waals surface area contributed by atoms with Gasteiger partial charge in [0.2, 0.25) is 5.91 Å². The van der Waals surface area contributed by atoms with Crippen LogP contribution in [0.3, 0.4) is 0 Å². The molecule has 2 rings (SSSR count). The molecule has 4 N–H and O–H groups in total. The largest absolute Gasteiger partial charge is 0.370 e. The molecule has 1 aromatic rings. The van der Waals surface area contributed by atoms with E-state index >= 15 is 0 Å². The Labute approximate surface area is 126 Å². The molecule has 0 aliphatic heterocycles. The first kappa shape index (κ1) is 15.4. The molecule has 0 radical (unpaired) electrons. The van der Waals surface area contributed by atoms with E-state index in [0.29, 0.717) is 12.5 Å². The van der Waals surface area contributed by atoms with Crippen molar-refractivity contribution in [3.05, 3.63) is 35.9 Å². The van der Waals surface area contributed by atoms with Crippen LogP contribution < -0.4 is 16.4 Å². The van der Waals surface area contributed by atoms with Crippen LogP contribution in [0.15, 0.2) is 35.3 Å². The highest BCUT2D eigenvalue weighted by atomic mass is 16.1. The third kappa shape index (κ3) is 5.85. The Bertz CT molecular complexity index is 468. The van der Waals surface area contributed by atoms with Crippen molar-refractivity contribution in [2.24, 2.45) is 16.6 Å². The smallest absolute Gasteiger partial charge is 0.241 e. The number of rotatable bonds is 7. The van der Waals surface area contributed by atoms with Crippen LogP contribution in [-0.2, 0) is 11.2 Å². The quantitative estimate of drug-likeness (QED) is 0.518. The molecule has 1 aromatic carbocycles. The van der Waals surface area contributed by atoms with Crippen LogP contribution in [0.5, 0.6) is 0 Å². The zero-order valence-electron chi connectivity index (χ0n) is 12.3. The molecular formula is C16H24N4O. The predicted octanol–water partition coefficient (Wildman–Crippen LogP) is 1.05. The van der Waals surface area contributed by atoms with Gasteiger partial charge >= 0.3 is 0 Å². The first-order valence-corrected chi connectivity index (χ1v) is 7.58. The molecule has 0 bridgehead atoms. The molecule has 0 unspecified atom stereocenters. The fourth-order valence-electron chi connectivity index (χ4n) is 2.21. The third-order valence-electron chi connectivity index (χ3n) is 3.77. The maximum absolute atomic E-state index is 11.6. The highest BCUT2D eigenvalue weighted by Crippen LogP contribution is 2.24. The molecule has 5 nitrogen and oxygen atoms in total. The van der Waals surface area contributed by atoms with Crippen molar-refractivity contribution >= 4 is 11.9 Å². The monoisotopic (exact) mass is 288 g/mol. The van der Waals surface area contributed by atoms with E-state index in [1.54, 1.807) is 0 Å². The predicted molar refractivity (Wildman–Crippen MR) is 85.0 cm³/mol. The highest BCUT2D eigenvalue weighted by Gasteiger charge is 2.16. The Morgan fingerprint density at radius 1 is 1.24 bits per heavy atom. The van der Waals surface area contributed by atoms with E-state index in [9.17, 15) is 4.79 Å².